The van der Waals surface area contributed by atoms with Crippen molar-refractivity contribution in [1.82, 2.24) is 14.9 Å². The number of fused-ring (bicyclic) bond motifs is 1. The average Bonchev–Trinajstić information content (AvgIpc) is 2.85. The van der Waals surface area contributed by atoms with E-state index in [-0.39, 0.29) is 11.8 Å². The van der Waals surface area contributed by atoms with Crippen molar-refractivity contribution in [1.29, 1.82) is 0 Å². The SMILES string of the molecule is Cc1nc2ccc(N3CCN(C(=O)C(C)C)CC3)cc2[nH]1. The average molecular weight is 286 g/mol. The lowest BCUT2D eigenvalue weighted by atomic mass is 10.1. The third-order valence-corrected chi connectivity index (χ3v) is 4.03. The van der Waals surface area contributed by atoms with E-state index in [9.17, 15) is 4.79 Å². The quantitative estimate of drug-likeness (QED) is 0.920. The monoisotopic (exact) mass is 286 g/mol. The van der Waals surface area contributed by atoms with E-state index in [1.165, 1.54) is 5.69 Å². The molecule has 1 fully saturated rings. The van der Waals surface area contributed by atoms with Crippen LogP contribution in [-0.4, -0.2) is 47.0 Å². The van der Waals surface area contributed by atoms with Crippen LogP contribution in [0.2, 0.25) is 0 Å². The van der Waals surface area contributed by atoms with Crippen LogP contribution >= 0.6 is 0 Å². The molecule has 0 saturated carbocycles. The third-order valence-electron chi connectivity index (χ3n) is 4.03. The first-order valence-corrected chi connectivity index (χ1v) is 7.54. The second-order valence-electron chi connectivity index (χ2n) is 5.99. The summed E-state index contributed by atoms with van der Waals surface area (Å²) in [5.41, 5.74) is 3.28. The highest BCUT2D eigenvalue weighted by molar-refractivity contribution is 5.80. The Morgan fingerprint density at radius 3 is 2.62 bits per heavy atom. The molecule has 2 aromatic rings. The number of H-pyrrole nitrogens is 1. The van der Waals surface area contributed by atoms with Gasteiger partial charge in [0.25, 0.3) is 0 Å². The van der Waals surface area contributed by atoms with E-state index in [1.807, 2.05) is 25.7 Å². The van der Waals surface area contributed by atoms with E-state index in [2.05, 4.69) is 33.1 Å². The van der Waals surface area contributed by atoms with Crippen molar-refractivity contribution in [3.05, 3.63) is 24.0 Å². The number of benzene rings is 1. The number of nitrogens with zero attached hydrogens (tertiary/aromatic N) is 3. The first kappa shape index (κ1) is 13.9. The molecule has 0 atom stereocenters. The normalized spacial score (nSPS) is 16.0. The summed E-state index contributed by atoms with van der Waals surface area (Å²) in [5, 5.41) is 0. The number of carbonyl (C=O) groups is 1. The van der Waals surface area contributed by atoms with Crippen LogP contribution in [0, 0.1) is 12.8 Å². The summed E-state index contributed by atoms with van der Waals surface area (Å²) in [6.45, 7) is 9.27. The van der Waals surface area contributed by atoms with Crippen LogP contribution in [0.15, 0.2) is 18.2 Å². The molecule has 112 valence electrons. The van der Waals surface area contributed by atoms with E-state index in [0.717, 1.165) is 43.0 Å². The van der Waals surface area contributed by atoms with E-state index in [0.29, 0.717) is 0 Å². The number of anilines is 1. The van der Waals surface area contributed by atoms with E-state index < -0.39 is 0 Å². The first-order valence-electron chi connectivity index (χ1n) is 7.54. The first-order chi connectivity index (χ1) is 10.0. The van der Waals surface area contributed by atoms with Crippen LogP contribution in [0.1, 0.15) is 19.7 Å². The summed E-state index contributed by atoms with van der Waals surface area (Å²) < 4.78 is 0. The van der Waals surface area contributed by atoms with Gasteiger partial charge < -0.3 is 14.8 Å². The van der Waals surface area contributed by atoms with Gasteiger partial charge in [0.2, 0.25) is 5.91 Å². The van der Waals surface area contributed by atoms with Gasteiger partial charge in [-0.3, -0.25) is 4.79 Å². The summed E-state index contributed by atoms with van der Waals surface area (Å²) in [4.78, 5) is 24.0. The highest BCUT2D eigenvalue weighted by atomic mass is 16.2. The lowest BCUT2D eigenvalue weighted by Gasteiger charge is -2.36. The highest BCUT2D eigenvalue weighted by Gasteiger charge is 2.23. The van der Waals surface area contributed by atoms with E-state index >= 15 is 0 Å². The number of aromatic nitrogens is 2. The van der Waals surface area contributed by atoms with Crippen LogP contribution in [0.4, 0.5) is 5.69 Å². The third kappa shape index (κ3) is 2.73. The summed E-state index contributed by atoms with van der Waals surface area (Å²) in [5.74, 6) is 1.28. The molecule has 1 amide bonds. The van der Waals surface area contributed by atoms with Crippen LogP contribution in [-0.2, 0) is 4.79 Å². The molecule has 21 heavy (non-hydrogen) atoms. The summed E-state index contributed by atoms with van der Waals surface area (Å²) in [7, 11) is 0. The lowest BCUT2D eigenvalue weighted by molar-refractivity contribution is -0.134. The topological polar surface area (TPSA) is 52.2 Å². The molecule has 1 aromatic carbocycles. The maximum Gasteiger partial charge on any atom is 0.225 e. The fourth-order valence-corrected chi connectivity index (χ4v) is 2.87. The van der Waals surface area contributed by atoms with Gasteiger partial charge in [0.1, 0.15) is 5.82 Å². The fourth-order valence-electron chi connectivity index (χ4n) is 2.87. The van der Waals surface area contributed by atoms with Crippen LogP contribution in [0.3, 0.4) is 0 Å². The zero-order valence-corrected chi connectivity index (χ0v) is 12.9. The molecule has 2 heterocycles. The lowest BCUT2D eigenvalue weighted by Crippen LogP contribution is -2.49. The van der Waals surface area contributed by atoms with Gasteiger partial charge in [-0.1, -0.05) is 13.8 Å². The van der Waals surface area contributed by atoms with Gasteiger partial charge in [0.05, 0.1) is 11.0 Å². The number of rotatable bonds is 2. The standard InChI is InChI=1S/C16H22N4O/c1-11(2)16(21)20-8-6-19(7-9-20)13-4-5-14-15(10-13)18-12(3)17-14/h4-5,10-11H,6-9H2,1-3H3,(H,17,18). The molecule has 0 spiro atoms. The number of carbonyl (C=O) groups excluding carboxylic acids is 1. The number of amides is 1. The smallest absolute Gasteiger partial charge is 0.225 e. The molecule has 1 aromatic heterocycles. The maximum absolute atomic E-state index is 12.0. The van der Waals surface area contributed by atoms with Crippen molar-refractivity contribution in [2.45, 2.75) is 20.8 Å². The molecular formula is C16H22N4O. The minimum absolute atomic E-state index is 0.0841. The second-order valence-corrected chi connectivity index (χ2v) is 5.99. The second kappa shape index (κ2) is 5.39. The van der Waals surface area contributed by atoms with E-state index in [1.54, 1.807) is 0 Å². The fraction of sp³-hybridized carbons (Fsp3) is 0.500. The van der Waals surface area contributed by atoms with Gasteiger partial charge in [0.15, 0.2) is 0 Å². The number of hydrogen-bond donors (Lipinski definition) is 1. The van der Waals surface area contributed by atoms with Gasteiger partial charge in [-0.05, 0) is 25.1 Å². The Morgan fingerprint density at radius 1 is 1.24 bits per heavy atom. The Bertz CT molecular complexity index is 653. The van der Waals surface area contributed by atoms with Gasteiger partial charge in [-0.25, -0.2) is 4.98 Å². The molecule has 0 aliphatic carbocycles. The molecule has 5 heteroatoms. The molecule has 0 radical (unpaired) electrons. The van der Waals surface area contributed by atoms with Gasteiger partial charge in [0, 0.05) is 37.8 Å². The van der Waals surface area contributed by atoms with Gasteiger partial charge in [-0.2, -0.15) is 0 Å². The minimum atomic E-state index is 0.0841. The number of aromatic amines is 1. The number of imidazole rings is 1. The van der Waals surface area contributed by atoms with Crippen molar-refractivity contribution < 1.29 is 4.79 Å². The number of piperazine rings is 1. The van der Waals surface area contributed by atoms with Crippen LogP contribution in [0.25, 0.3) is 11.0 Å². The molecular weight excluding hydrogens is 264 g/mol. The summed E-state index contributed by atoms with van der Waals surface area (Å²) in [6, 6.07) is 6.32. The van der Waals surface area contributed by atoms with E-state index in [4.69, 9.17) is 0 Å². The number of hydrogen-bond acceptors (Lipinski definition) is 3. The molecule has 1 aliphatic rings. The Hall–Kier alpha value is -2.04. The number of nitrogens with one attached hydrogen (secondary N) is 1. The van der Waals surface area contributed by atoms with Crippen molar-refractivity contribution in [2.24, 2.45) is 5.92 Å². The predicted octanol–water partition coefficient (Wildman–Crippen LogP) is 2.18. The summed E-state index contributed by atoms with van der Waals surface area (Å²) >= 11 is 0. The predicted molar refractivity (Wildman–Crippen MR) is 84.5 cm³/mol. The Morgan fingerprint density at radius 2 is 1.95 bits per heavy atom. The van der Waals surface area contributed by atoms with Crippen molar-refractivity contribution in [3.8, 4) is 0 Å². The minimum Gasteiger partial charge on any atom is -0.368 e. The van der Waals surface area contributed by atoms with Crippen LogP contribution in [0.5, 0.6) is 0 Å². The van der Waals surface area contributed by atoms with Crippen molar-refractivity contribution in [3.63, 3.8) is 0 Å². The molecule has 5 nitrogen and oxygen atoms in total. The van der Waals surface area contributed by atoms with Crippen LogP contribution < -0.4 is 4.90 Å². The molecule has 0 unspecified atom stereocenters. The van der Waals surface area contributed by atoms with Gasteiger partial charge in [-0.15, -0.1) is 0 Å². The van der Waals surface area contributed by atoms with Crippen molar-refractivity contribution >= 4 is 22.6 Å². The highest BCUT2D eigenvalue weighted by Crippen LogP contribution is 2.22. The zero-order chi connectivity index (χ0) is 15.0. The zero-order valence-electron chi connectivity index (χ0n) is 12.9. The van der Waals surface area contributed by atoms with Crippen molar-refractivity contribution in [2.75, 3.05) is 31.1 Å². The number of aryl methyl sites for hydroxylation is 1. The molecule has 1 saturated heterocycles. The maximum atomic E-state index is 12.0. The molecule has 1 aliphatic heterocycles. The Balaban J connectivity index is 1.72. The molecule has 1 N–H and O–H groups in total. The summed E-state index contributed by atoms with van der Waals surface area (Å²) in [6.07, 6.45) is 0. The Kier molecular flexibility index (Phi) is 3.57. The van der Waals surface area contributed by atoms with Gasteiger partial charge >= 0.3 is 0 Å². The Labute approximate surface area is 125 Å². The molecule has 0 bridgehead atoms. The largest absolute Gasteiger partial charge is 0.368 e. The molecule has 3 rings (SSSR count).